The maximum atomic E-state index is 4.33. The Morgan fingerprint density at radius 3 is 3.00 bits per heavy atom. The molecule has 0 aliphatic heterocycles. The number of hydrogen-bond acceptors (Lipinski definition) is 3. The number of thiophene rings is 1. The second-order valence-electron chi connectivity index (χ2n) is 3.76. The lowest BCUT2D eigenvalue weighted by atomic mass is 10.2. The minimum atomic E-state index is 0.263. The Kier molecular flexibility index (Phi) is 3.78. The van der Waals surface area contributed by atoms with Gasteiger partial charge in [-0.15, -0.1) is 11.3 Å². The molecule has 2 rings (SSSR count). The molecular weight excluding hydrogens is 286 g/mol. The van der Waals surface area contributed by atoms with E-state index in [1.807, 2.05) is 24.0 Å². The molecule has 0 radical (unpaired) electrons. The third kappa shape index (κ3) is 2.72. The lowest BCUT2D eigenvalue weighted by Crippen LogP contribution is -2.20. The molecule has 1 unspecified atom stereocenters. The summed E-state index contributed by atoms with van der Waals surface area (Å²) >= 11 is 5.18. The maximum absolute atomic E-state index is 4.33. The molecular formula is C11H14BrN3S. The predicted molar refractivity (Wildman–Crippen MR) is 70.5 cm³/mol. The number of nitrogens with one attached hydrogen (secondary N) is 1. The van der Waals surface area contributed by atoms with Crippen molar-refractivity contribution in [2.45, 2.75) is 19.5 Å². The van der Waals surface area contributed by atoms with Crippen LogP contribution in [0.5, 0.6) is 0 Å². The summed E-state index contributed by atoms with van der Waals surface area (Å²) in [5, 5.41) is 5.61. The number of hydrogen-bond donors (Lipinski definition) is 1. The van der Waals surface area contributed by atoms with E-state index in [1.165, 1.54) is 9.35 Å². The first-order chi connectivity index (χ1) is 7.66. The lowest BCUT2D eigenvalue weighted by Gasteiger charge is -2.12. The van der Waals surface area contributed by atoms with Crippen LogP contribution in [-0.4, -0.2) is 9.55 Å². The topological polar surface area (TPSA) is 29.9 Å². The van der Waals surface area contributed by atoms with Crippen LogP contribution in [0.3, 0.4) is 0 Å². The van der Waals surface area contributed by atoms with Gasteiger partial charge in [-0.2, -0.15) is 0 Å². The number of rotatable bonds is 4. The van der Waals surface area contributed by atoms with Crippen LogP contribution in [0.2, 0.25) is 0 Å². The molecule has 16 heavy (non-hydrogen) atoms. The van der Waals surface area contributed by atoms with Crippen LogP contribution in [0.1, 0.15) is 24.4 Å². The van der Waals surface area contributed by atoms with Crippen molar-refractivity contribution in [3.05, 3.63) is 39.0 Å². The van der Waals surface area contributed by atoms with Gasteiger partial charge in [0.1, 0.15) is 5.82 Å². The summed E-state index contributed by atoms with van der Waals surface area (Å²) in [5.74, 6) is 1.06. The van der Waals surface area contributed by atoms with Crippen LogP contribution in [0.25, 0.3) is 0 Å². The third-order valence-corrected chi connectivity index (χ3v) is 4.03. The van der Waals surface area contributed by atoms with Crippen molar-refractivity contribution in [3.8, 4) is 0 Å². The van der Waals surface area contributed by atoms with Crippen molar-refractivity contribution in [1.82, 2.24) is 14.9 Å². The first-order valence-electron chi connectivity index (χ1n) is 5.10. The number of nitrogens with zero attached hydrogens (tertiary/aromatic N) is 2. The number of halogens is 1. The Bertz CT molecular complexity index is 463. The van der Waals surface area contributed by atoms with E-state index in [-0.39, 0.29) is 6.04 Å². The standard InChI is InChI=1S/C11H14BrN3S/c1-8(11-13-3-4-15(11)2)14-6-9-5-10(12)16-7-9/h3-5,7-8,14H,6H2,1-2H3. The summed E-state index contributed by atoms with van der Waals surface area (Å²) in [6.45, 7) is 3.00. The van der Waals surface area contributed by atoms with Gasteiger partial charge in [-0.05, 0) is 39.9 Å². The highest BCUT2D eigenvalue weighted by atomic mass is 79.9. The largest absolute Gasteiger partial charge is 0.337 e. The van der Waals surface area contributed by atoms with Gasteiger partial charge in [-0.25, -0.2) is 4.98 Å². The zero-order valence-electron chi connectivity index (χ0n) is 9.27. The number of aromatic nitrogens is 2. The minimum Gasteiger partial charge on any atom is -0.337 e. The van der Waals surface area contributed by atoms with Gasteiger partial charge in [-0.1, -0.05) is 0 Å². The molecule has 2 heterocycles. The van der Waals surface area contributed by atoms with E-state index in [1.54, 1.807) is 11.3 Å². The number of imidazole rings is 1. The average molecular weight is 300 g/mol. The predicted octanol–water partition coefficient (Wildman–Crippen LogP) is 3.09. The van der Waals surface area contributed by atoms with E-state index >= 15 is 0 Å². The molecule has 0 spiro atoms. The molecule has 3 nitrogen and oxygen atoms in total. The van der Waals surface area contributed by atoms with Gasteiger partial charge in [0.05, 0.1) is 9.83 Å². The fraction of sp³-hybridized carbons (Fsp3) is 0.364. The van der Waals surface area contributed by atoms with Crippen LogP contribution in [0.15, 0.2) is 27.6 Å². The fourth-order valence-electron chi connectivity index (χ4n) is 1.60. The average Bonchev–Trinajstić information content (AvgIpc) is 2.84. The Hall–Kier alpha value is -0.650. The van der Waals surface area contributed by atoms with E-state index in [4.69, 9.17) is 0 Å². The van der Waals surface area contributed by atoms with Crippen LogP contribution < -0.4 is 5.32 Å². The highest BCUT2D eigenvalue weighted by Crippen LogP contribution is 2.21. The first-order valence-corrected chi connectivity index (χ1v) is 6.77. The SMILES string of the molecule is CC(NCc1csc(Br)c1)c1nccn1C. The van der Waals surface area contributed by atoms with Gasteiger partial charge in [0, 0.05) is 26.0 Å². The highest BCUT2D eigenvalue weighted by Gasteiger charge is 2.09. The molecule has 2 aromatic heterocycles. The Morgan fingerprint density at radius 1 is 1.62 bits per heavy atom. The molecule has 0 saturated carbocycles. The molecule has 1 N–H and O–H groups in total. The van der Waals surface area contributed by atoms with Gasteiger partial charge in [0.2, 0.25) is 0 Å². The zero-order chi connectivity index (χ0) is 11.5. The lowest BCUT2D eigenvalue weighted by molar-refractivity contribution is 0.530. The molecule has 0 amide bonds. The fourth-order valence-corrected chi connectivity index (χ4v) is 2.80. The summed E-state index contributed by atoms with van der Waals surface area (Å²) in [4.78, 5) is 4.33. The van der Waals surface area contributed by atoms with Crippen LogP contribution in [0, 0.1) is 0 Å². The second kappa shape index (κ2) is 5.12. The summed E-state index contributed by atoms with van der Waals surface area (Å²) in [5.41, 5.74) is 1.30. The Balaban J connectivity index is 1.93. The van der Waals surface area contributed by atoms with Crippen LogP contribution in [-0.2, 0) is 13.6 Å². The Morgan fingerprint density at radius 2 is 2.44 bits per heavy atom. The maximum Gasteiger partial charge on any atom is 0.125 e. The number of aryl methyl sites for hydroxylation is 1. The van der Waals surface area contributed by atoms with E-state index in [2.05, 4.69) is 44.6 Å². The van der Waals surface area contributed by atoms with Crippen molar-refractivity contribution in [2.75, 3.05) is 0 Å². The monoisotopic (exact) mass is 299 g/mol. The second-order valence-corrected chi connectivity index (χ2v) is 6.05. The van der Waals surface area contributed by atoms with Crippen molar-refractivity contribution in [2.24, 2.45) is 7.05 Å². The first kappa shape index (κ1) is 11.8. The van der Waals surface area contributed by atoms with Gasteiger partial charge in [0.15, 0.2) is 0 Å². The molecule has 0 aliphatic carbocycles. The van der Waals surface area contributed by atoms with E-state index in [0.717, 1.165) is 12.4 Å². The summed E-state index contributed by atoms with van der Waals surface area (Å²) in [7, 11) is 2.02. The molecule has 86 valence electrons. The molecule has 2 aromatic rings. The smallest absolute Gasteiger partial charge is 0.125 e. The van der Waals surface area contributed by atoms with Crippen molar-refractivity contribution < 1.29 is 0 Å². The Labute approximate surface area is 108 Å². The quantitative estimate of drug-likeness (QED) is 0.940. The third-order valence-electron chi connectivity index (χ3n) is 2.48. The summed E-state index contributed by atoms with van der Waals surface area (Å²) in [6.07, 6.45) is 3.80. The van der Waals surface area contributed by atoms with Gasteiger partial charge in [-0.3, -0.25) is 0 Å². The van der Waals surface area contributed by atoms with Gasteiger partial charge in [0.25, 0.3) is 0 Å². The van der Waals surface area contributed by atoms with E-state index in [0.29, 0.717) is 0 Å². The summed E-state index contributed by atoms with van der Waals surface area (Å²) in [6, 6.07) is 2.40. The van der Waals surface area contributed by atoms with Crippen molar-refractivity contribution in [1.29, 1.82) is 0 Å². The molecule has 5 heteroatoms. The molecule has 0 aromatic carbocycles. The summed E-state index contributed by atoms with van der Waals surface area (Å²) < 4.78 is 3.22. The molecule has 0 aliphatic rings. The minimum absolute atomic E-state index is 0.263. The molecule has 0 bridgehead atoms. The highest BCUT2D eigenvalue weighted by molar-refractivity contribution is 9.11. The molecule has 0 fully saturated rings. The molecule has 0 saturated heterocycles. The van der Waals surface area contributed by atoms with Gasteiger partial charge >= 0.3 is 0 Å². The van der Waals surface area contributed by atoms with Crippen molar-refractivity contribution in [3.63, 3.8) is 0 Å². The van der Waals surface area contributed by atoms with Crippen LogP contribution >= 0.6 is 27.3 Å². The van der Waals surface area contributed by atoms with Crippen molar-refractivity contribution >= 4 is 27.3 Å². The van der Waals surface area contributed by atoms with Crippen LogP contribution in [0.4, 0.5) is 0 Å². The van der Waals surface area contributed by atoms with E-state index in [9.17, 15) is 0 Å². The molecule has 1 atom stereocenters. The van der Waals surface area contributed by atoms with Gasteiger partial charge < -0.3 is 9.88 Å². The normalized spacial score (nSPS) is 12.9. The zero-order valence-corrected chi connectivity index (χ0v) is 11.7. The van der Waals surface area contributed by atoms with E-state index < -0.39 is 0 Å².